The van der Waals surface area contributed by atoms with Crippen molar-refractivity contribution in [1.82, 2.24) is 67.4 Å². The Labute approximate surface area is 826 Å². The van der Waals surface area contributed by atoms with Gasteiger partial charge < -0.3 is 53.4 Å². The van der Waals surface area contributed by atoms with Crippen LogP contribution < -0.4 is 21.5 Å². The minimum atomic E-state index is -3.74. The first-order valence-corrected chi connectivity index (χ1v) is 49.3. The number of aromatic amines is 1. The standard InChI is InChI=1S/C31H28ClN7O.C27H22Cl2N4O.C25H23N5O2S2.C23H20ClN3O2S/c1-21-34-11-12-39(21)20-24-17-23-3-2-10-35-29(23)30(27-9-6-25(32)18-28(24)27)37-13-15-38(16-14-37)31(40)36-26-7-4-22(19-33)5-8-26;1-32-16-31-15-25(32)27(30,18-6-9-20(28)10-7-18)19-8-11-24-23(13-19)22(14-26(34)33(24)2)17-4-3-5-21(29)12-17;26-13-20-8-9-24-21(11-20)15-30(34(31,32)25-7-4-10-33-25)23(12-19-5-2-1-3-6-19)17-29(24)16-22-14-27-18-28-22;1-15-19(22(26-29-15)16-5-3-2-4-6-16)13-28-23-18-8-7-17(24)11-20(18)30-21(23)12-27-10-9-25-14-27/h2-12,17-18,30H,13-16,20H2,1H3,(H,36,40);3-16H,30H2,1-2H3;1-11,14,18,23H,12,15-17H2,(H,27,28);2-11,14,21,23H,12-13H2,1H3/t;;23-;21-,23-/m..11/s1. The molecule has 25 nitrogen and oxygen atoms in total. The first-order chi connectivity index (χ1) is 67.0. The number of piperazine rings is 1. The van der Waals surface area contributed by atoms with Crippen LogP contribution in [0.15, 0.2) is 323 Å². The Morgan fingerprint density at radius 1 is 0.688 bits per heavy atom. The lowest BCUT2D eigenvalue weighted by Crippen LogP contribution is -2.51. The van der Waals surface area contributed by atoms with Crippen LogP contribution in [0.4, 0.5) is 16.2 Å². The van der Waals surface area contributed by atoms with Gasteiger partial charge in [-0.1, -0.05) is 167 Å². The van der Waals surface area contributed by atoms with Crippen molar-refractivity contribution < 1.29 is 22.5 Å². The van der Waals surface area contributed by atoms with Crippen LogP contribution in [0.2, 0.25) is 20.1 Å². The lowest BCUT2D eigenvalue weighted by molar-refractivity contribution is 0.0363. The lowest BCUT2D eigenvalue weighted by Gasteiger charge is -2.39. The number of halogens is 4. The van der Waals surface area contributed by atoms with Gasteiger partial charge in [0.1, 0.15) is 27.0 Å². The molecule has 4 aliphatic rings. The number of aryl methyl sites for hydroxylation is 4. The molecular formula is C106H93Cl4N19O6S3. The van der Waals surface area contributed by atoms with Crippen molar-refractivity contribution in [1.29, 1.82) is 10.5 Å². The number of allylic oxidation sites excluding steroid dienone is 1. The Balaban J connectivity index is 0.000000123. The Kier molecular flexibility index (Phi) is 28.8. The maximum Gasteiger partial charge on any atom is 0.321 e. The van der Waals surface area contributed by atoms with Gasteiger partial charge in [0.15, 0.2) is 0 Å². The molecule has 4 N–H and O–H groups in total. The highest BCUT2D eigenvalue weighted by atomic mass is 35.5. The summed E-state index contributed by atoms with van der Waals surface area (Å²) in [5.74, 6) is 1.73. The number of nitrogens with one attached hydrogen (secondary N) is 2. The normalized spacial score (nSPS) is 16.1. The number of anilines is 2. The van der Waals surface area contributed by atoms with Gasteiger partial charge in [-0.3, -0.25) is 14.7 Å². The van der Waals surface area contributed by atoms with Gasteiger partial charge in [-0.05, 0) is 208 Å². The number of nitrogens with zero attached hydrogens (tertiary/aromatic N) is 16. The van der Waals surface area contributed by atoms with Gasteiger partial charge in [-0.15, -0.1) is 23.1 Å². The quantitative estimate of drug-likeness (QED) is 0.0638. The van der Waals surface area contributed by atoms with E-state index < -0.39 is 15.6 Å². The van der Waals surface area contributed by atoms with E-state index in [1.165, 1.54) is 21.8 Å². The molecule has 8 aromatic heterocycles. The fourth-order valence-corrected chi connectivity index (χ4v) is 23.1. The Morgan fingerprint density at radius 2 is 1.43 bits per heavy atom. The van der Waals surface area contributed by atoms with Crippen molar-refractivity contribution in [3.8, 4) is 34.5 Å². The van der Waals surface area contributed by atoms with E-state index in [-0.39, 0.29) is 41.6 Å². The molecule has 32 heteroatoms. The zero-order valence-corrected chi connectivity index (χ0v) is 80.9. The number of nitriles is 2. The first-order valence-electron chi connectivity index (χ1n) is 44.6. The van der Waals surface area contributed by atoms with Crippen LogP contribution in [0.1, 0.15) is 102 Å². The van der Waals surface area contributed by atoms with Crippen LogP contribution in [0.5, 0.6) is 0 Å². The van der Waals surface area contributed by atoms with Crippen molar-refractivity contribution in [2.75, 3.05) is 42.9 Å². The summed E-state index contributed by atoms with van der Waals surface area (Å²) in [5.41, 5.74) is 26.1. The van der Waals surface area contributed by atoms with Crippen LogP contribution in [0.25, 0.3) is 44.9 Å². The van der Waals surface area contributed by atoms with Crippen molar-refractivity contribution in [2.45, 2.75) is 91.1 Å². The smallest absolute Gasteiger partial charge is 0.321 e. The lowest BCUT2D eigenvalue weighted by atomic mass is 9.80. The minimum Gasteiger partial charge on any atom is -0.367 e. The zero-order valence-electron chi connectivity index (χ0n) is 75.5. The number of urea groups is 1. The van der Waals surface area contributed by atoms with Crippen LogP contribution >= 0.6 is 69.5 Å². The number of imidazole rings is 4. The Hall–Kier alpha value is -13.8. The van der Waals surface area contributed by atoms with Crippen molar-refractivity contribution in [3.63, 3.8) is 0 Å². The number of amides is 2. The summed E-state index contributed by atoms with van der Waals surface area (Å²) in [6.45, 7) is 9.63. The highest BCUT2D eigenvalue weighted by Gasteiger charge is 2.41. The van der Waals surface area contributed by atoms with E-state index in [1.807, 2.05) is 219 Å². The highest BCUT2D eigenvalue weighted by Crippen LogP contribution is 2.50. The Morgan fingerprint density at radius 3 is 2.14 bits per heavy atom. The summed E-state index contributed by atoms with van der Waals surface area (Å²) in [6, 6.07) is 78.4. The second kappa shape index (κ2) is 42.0. The van der Waals surface area contributed by atoms with E-state index in [2.05, 4.69) is 96.8 Å². The molecule has 3 aliphatic heterocycles. The third-order valence-corrected chi connectivity index (χ3v) is 30.8. The number of pyridine rings is 2. The number of ether oxygens (including phenoxy) is 1. The molecule has 1 aliphatic carbocycles. The maximum atomic E-state index is 13.8. The van der Waals surface area contributed by atoms with Gasteiger partial charge in [0.2, 0.25) is 0 Å². The number of H-pyrrole nitrogens is 1. The number of nitrogens with two attached hydrogens (primary N) is 1. The van der Waals surface area contributed by atoms with Gasteiger partial charge in [-0.25, -0.2) is 33.1 Å². The fourth-order valence-electron chi connectivity index (χ4n) is 18.2. The number of sulfonamides is 1. The van der Waals surface area contributed by atoms with Crippen LogP contribution in [0, 0.1) is 36.5 Å². The van der Waals surface area contributed by atoms with Crippen molar-refractivity contribution in [2.24, 2.45) is 19.8 Å². The predicted octanol–water partition coefficient (Wildman–Crippen LogP) is 21.2. The second-order valence-electron chi connectivity index (χ2n) is 33.9. The molecule has 0 bridgehead atoms. The fraction of sp³-hybridized carbons (Fsp3) is 0.189. The van der Waals surface area contributed by atoms with Crippen molar-refractivity contribution >= 4 is 119 Å². The highest BCUT2D eigenvalue weighted by molar-refractivity contribution is 8.00. The molecule has 0 saturated carbocycles. The van der Waals surface area contributed by atoms with Crippen molar-refractivity contribution in [3.05, 3.63) is 425 Å². The van der Waals surface area contributed by atoms with E-state index in [9.17, 15) is 23.3 Å². The largest absolute Gasteiger partial charge is 0.367 e. The third kappa shape index (κ3) is 20.7. The molecule has 11 heterocycles. The maximum absolute atomic E-state index is 13.8. The summed E-state index contributed by atoms with van der Waals surface area (Å²) in [5, 5.41) is 31.3. The van der Waals surface area contributed by atoms with Crippen LogP contribution in [0.3, 0.4) is 0 Å². The zero-order chi connectivity index (χ0) is 95.7. The number of carbonyl (C=O) groups excluding carboxylic acids is 1. The molecule has 694 valence electrons. The molecule has 0 spiro atoms. The van der Waals surface area contributed by atoms with E-state index in [4.69, 9.17) is 71.6 Å². The van der Waals surface area contributed by atoms with Crippen LogP contribution in [-0.2, 0) is 73.6 Å². The molecule has 17 aromatic rings. The number of hydrogen-bond acceptors (Lipinski definition) is 19. The summed E-state index contributed by atoms with van der Waals surface area (Å²) >= 11 is 28.3. The molecule has 2 amide bonds. The summed E-state index contributed by atoms with van der Waals surface area (Å²) in [4.78, 5) is 58.4. The number of thioether (sulfide) groups is 1. The third-order valence-electron chi connectivity index (χ3n) is 25.3. The molecule has 1 fully saturated rings. The SMILES string of the molecule is Cc1nccn1CC1=Cc2cccnc2C(N2CCN(C(=O)Nc3ccc(C#N)cc3)CC2)c2ccc(Cl)cc21.Cc1onc(-c2ccccc2)c1CO[C@@H]1c2ccc(Cl)cc2S[C@@H]1Cn1ccnc1.Cn1cncc1C(N)(c1ccc(Cl)cc1)c1ccc2c(c1)c(-c1cccc(Cl)c1)cc(=O)n2C.N#Cc1ccc2c(c1)CN(S(=O)(=O)c1cccs1)[C@H](Cc1ccccc1)CN2Cc1cnc[nH]1. The average molecular weight is 1970 g/mol. The van der Waals surface area contributed by atoms with E-state index in [1.54, 1.807) is 119 Å². The molecule has 0 radical (unpaired) electrons. The van der Waals surface area contributed by atoms with Crippen LogP contribution in [-0.4, -0.2) is 126 Å². The van der Waals surface area contributed by atoms with Gasteiger partial charge >= 0.3 is 6.03 Å². The summed E-state index contributed by atoms with van der Waals surface area (Å²) < 4.78 is 49.4. The molecular weight excluding hydrogens is 1870 g/mol. The van der Waals surface area contributed by atoms with Gasteiger partial charge in [0.05, 0.1) is 102 Å². The second-order valence-corrected chi connectivity index (χ2v) is 40.0. The molecule has 21 rings (SSSR count). The number of carbonyl (C=O) groups is 1. The van der Waals surface area contributed by atoms with E-state index in [0.29, 0.717) is 94.9 Å². The first kappa shape index (κ1) is 94.5. The molecule has 138 heavy (non-hydrogen) atoms. The molecule has 5 atom stereocenters. The van der Waals surface area contributed by atoms with E-state index >= 15 is 0 Å². The topological polar surface area (TPSA) is 302 Å². The number of rotatable bonds is 20. The monoisotopic (exact) mass is 1960 g/mol. The molecule has 9 aromatic carbocycles. The van der Waals surface area contributed by atoms with Gasteiger partial charge in [0.25, 0.3) is 15.6 Å². The number of aromatic nitrogens is 11. The van der Waals surface area contributed by atoms with Gasteiger partial charge in [-0.2, -0.15) is 14.8 Å². The Bertz CT molecular complexity index is 7530. The van der Waals surface area contributed by atoms with Gasteiger partial charge in [0, 0.05) is 169 Å². The minimum absolute atomic E-state index is 0.0670. The summed E-state index contributed by atoms with van der Waals surface area (Å²) in [7, 11) is -0.0523. The number of thiophene rings is 1. The predicted molar refractivity (Wildman–Crippen MR) is 543 cm³/mol. The number of fused-ring (bicyclic) bond motifs is 5. The number of benzene rings is 9. The van der Waals surface area contributed by atoms with E-state index in [0.717, 1.165) is 129 Å². The number of hydrogen-bond donors (Lipinski definition) is 3. The average Bonchev–Trinajstić information content (AvgIpc) is 1.05. The molecule has 2 unspecified atom stereocenters. The summed E-state index contributed by atoms with van der Waals surface area (Å²) in [6.07, 6.45) is 20.9. The molecule has 1 saturated heterocycles.